The van der Waals surface area contributed by atoms with Crippen LogP contribution in [0.2, 0.25) is 10.0 Å². The van der Waals surface area contributed by atoms with Gasteiger partial charge in [-0.2, -0.15) is 14.6 Å². The van der Waals surface area contributed by atoms with Crippen molar-refractivity contribution in [3.05, 3.63) is 33.3 Å². The molecule has 10 heteroatoms. The van der Waals surface area contributed by atoms with E-state index in [1.54, 1.807) is 6.07 Å². The van der Waals surface area contributed by atoms with Gasteiger partial charge in [0.05, 0.1) is 10.0 Å². The molecular weight excluding hydrogens is 379 g/mol. The third kappa shape index (κ3) is 4.36. The predicted octanol–water partition coefficient (Wildman–Crippen LogP) is 3.82. The first-order valence-corrected chi connectivity index (χ1v) is 8.69. The van der Waals surface area contributed by atoms with Gasteiger partial charge >= 0.3 is 0 Å². The maximum Gasteiger partial charge on any atom is 0.268 e. The summed E-state index contributed by atoms with van der Waals surface area (Å²) < 4.78 is 4.00. The first-order valence-electron chi connectivity index (χ1n) is 5.93. The standard InChI is InChI=1S/C13H8Cl2N4O2S2/c1-22-13-18-12(23-19-13)17-11(21)7(5-16)2-6-3-8(14)10(20)9(15)4-6/h2-4,20H,1H3,(H,17,18,19,21). The van der Waals surface area contributed by atoms with Gasteiger partial charge in [-0.1, -0.05) is 35.0 Å². The summed E-state index contributed by atoms with van der Waals surface area (Å²) >= 11 is 14.0. The highest BCUT2D eigenvalue weighted by Crippen LogP contribution is 2.33. The molecule has 0 fully saturated rings. The average molecular weight is 387 g/mol. The maximum atomic E-state index is 12.1. The van der Waals surface area contributed by atoms with Crippen molar-refractivity contribution in [2.45, 2.75) is 5.16 Å². The molecule has 0 aliphatic rings. The lowest BCUT2D eigenvalue weighted by atomic mass is 10.1. The van der Waals surface area contributed by atoms with E-state index in [1.807, 2.05) is 6.26 Å². The summed E-state index contributed by atoms with van der Waals surface area (Å²) in [5.41, 5.74) is 0.246. The fourth-order valence-electron chi connectivity index (χ4n) is 1.49. The first kappa shape index (κ1) is 17.6. The van der Waals surface area contributed by atoms with Crippen LogP contribution in [-0.4, -0.2) is 26.6 Å². The maximum absolute atomic E-state index is 12.1. The number of hydrogen-bond acceptors (Lipinski definition) is 7. The van der Waals surface area contributed by atoms with Gasteiger partial charge in [0, 0.05) is 11.5 Å². The summed E-state index contributed by atoms with van der Waals surface area (Å²) in [4.78, 5) is 16.2. The molecule has 118 valence electrons. The predicted molar refractivity (Wildman–Crippen MR) is 92.0 cm³/mol. The zero-order chi connectivity index (χ0) is 17.0. The summed E-state index contributed by atoms with van der Waals surface area (Å²) in [6, 6.07) is 4.58. The number of anilines is 1. The Labute approximate surface area is 149 Å². The van der Waals surface area contributed by atoms with E-state index < -0.39 is 5.91 Å². The molecule has 0 radical (unpaired) electrons. The van der Waals surface area contributed by atoms with Crippen LogP contribution in [-0.2, 0) is 4.79 Å². The normalized spacial score (nSPS) is 11.1. The van der Waals surface area contributed by atoms with Crippen molar-refractivity contribution in [3.8, 4) is 11.8 Å². The van der Waals surface area contributed by atoms with E-state index in [1.165, 1.54) is 30.0 Å². The van der Waals surface area contributed by atoms with E-state index in [0.717, 1.165) is 11.5 Å². The van der Waals surface area contributed by atoms with Crippen molar-refractivity contribution in [1.29, 1.82) is 5.26 Å². The number of nitrogens with zero attached hydrogens (tertiary/aromatic N) is 3. The molecule has 6 nitrogen and oxygen atoms in total. The highest BCUT2D eigenvalue weighted by Gasteiger charge is 2.13. The second-order valence-electron chi connectivity index (χ2n) is 4.04. The fourth-order valence-corrected chi connectivity index (χ4v) is 3.12. The smallest absolute Gasteiger partial charge is 0.268 e. The highest BCUT2D eigenvalue weighted by molar-refractivity contribution is 7.98. The van der Waals surface area contributed by atoms with Gasteiger partial charge in [-0.15, -0.1) is 0 Å². The number of phenols is 1. The van der Waals surface area contributed by atoms with Gasteiger partial charge in [-0.25, -0.2) is 0 Å². The van der Waals surface area contributed by atoms with Crippen LogP contribution in [0.4, 0.5) is 5.13 Å². The van der Waals surface area contributed by atoms with Crippen molar-refractivity contribution >= 4 is 63.6 Å². The number of aromatic hydroxyl groups is 1. The molecule has 0 aliphatic heterocycles. The van der Waals surface area contributed by atoms with Gasteiger partial charge in [0.25, 0.3) is 5.91 Å². The molecule has 0 spiro atoms. The van der Waals surface area contributed by atoms with Crippen molar-refractivity contribution in [2.75, 3.05) is 11.6 Å². The molecule has 0 unspecified atom stereocenters. The molecule has 1 heterocycles. The van der Waals surface area contributed by atoms with Gasteiger partial charge in [0.2, 0.25) is 10.3 Å². The molecule has 1 amide bonds. The van der Waals surface area contributed by atoms with Gasteiger partial charge in [-0.05, 0) is 30.0 Å². The number of nitriles is 1. The topological polar surface area (TPSA) is 98.9 Å². The number of hydrogen-bond donors (Lipinski definition) is 2. The van der Waals surface area contributed by atoms with Gasteiger partial charge in [0.1, 0.15) is 11.6 Å². The fraction of sp³-hybridized carbons (Fsp3) is 0.0769. The molecule has 2 rings (SSSR count). The molecule has 0 bridgehead atoms. The van der Waals surface area contributed by atoms with E-state index in [2.05, 4.69) is 14.7 Å². The van der Waals surface area contributed by atoms with Crippen LogP contribution in [0.5, 0.6) is 5.75 Å². The zero-order valence-corrected chi connectivity index (χ0v) is 14.6. The second-order valence-corrected chi connectivity index (χ2v) is 6.38. The third-order valence-corrected chi connectivity index (χ3v) is 4.40. The molecule has 2 aromatic rings. The number of rotatable bonds is 4. The number of nitrogens with one attached hydrogen (secondary N) is 1. The molecular formula is C13H8Cl2N4O2S2. The molecule has 2 N–H and O–H groups in total. The Morgan fingerprint density at radius 1 is 1.48 bits per heavy atom. The highest BCUT2D eigenvalue weighted by atomic mass is 35.5. The number of carbonyl (C=O) groups excluding carboxylic acids is 1. The van der Waals surface area contributed by atoms with E-state index in [0.29, 0.717) is 15.9 Å². The number of halogens is 2. The Bertz CT molecular complexity index is 807. The number of thioether (sulfide) groups is 1. The van der Waals surface area contributed by atoms with Crippen LogP contribution >= 0.6 is 46.5 Å². The minimum atomic E-state index is -0.628. The zero-order valence-electron chi connectivity index (χ0n) is 11.5. The Balaban J connectivity index is 2.24. The molecule has 1 aromatic carbocycles. The Morgan fingerprint density at radius 3 is 2.65 bits per heavy atom. The number of phenolic OH excluding ortho intramolecular Hbond substituents is 1. The van der Waals surface area contributed by atoms with E-state index >= 15 is 0 Å². The largest absolute Gasteiger partial charge is 0.505 e. The molecule has 1 aromatic heterocycles. The molecule has 0 saturated carbocycles. The van der Waals surface area contributed by atoms with E-state index in [9.17, 15) is 9.90 Å². The summed E-state index contributed by atoms with van der Waals surface area (Å²) in [5.74, 6) is -0.886. The Morgan fingerprint density at radius 2 is 2.13 bits per heavy atom. The monoisotopic (exact) mass is 386 g/mol. The summed E-state index contributed by atoms with van der Waals surface area (Å²) in [6.07, 6.45) is 3.12. The molecule has 0 saturated heterocycles. The summed E-state index contributed by atoms with van der Waals surface area (Å²) in [7, 11) is 0. The Hall–Kier alpha value is -1.79. The summed E-state index contributed by atoms with van der Waals surface area (Å²) in [6.45, 7) is 0. The first-order chi connectivity index (χ1) is 10.9. The average Bonchev–Trinajstić information content (AvgIpc) is 2.97. The van der Waals surface area contributed by atoms with Crippen LogP contribution in [0.15, 0.2) is 22.9 Å². The lowest BCUT2D eigenvalue weighted by Gasteiger charge is -2.03. The van der Waals surface area contributed by atoms with Gasteiger partial charge in [-0.3, -0.25) is 10.1 Å². The number of benzene rings is 1. The van der Waals surface area contributed by atoms with Crippen molar-refractivity contribution < 1.29 is 9.90 Å². The van der Waals surface area contributed by atoms with Crippen molar-refractivity contribution in [1.82, 2.24) is 9.36 Å². The molecule has 0 atom stereocenters. The summed E-state index contributed by atoms with van der Waals surface area (Å²) in [5, 5.41) is 22.0. The lowest BCUT2D eigenvalue weighted by Crippen LogP contribution is -2.13. The number of aromatic nitrogens is 2. The SMILES string of the molecule is CSc1nsc(NC(=O)C(C#N)=Cc2cc(Cl)c(O)c(Cl)c2)n1. The second kappa shape index (κ2) is 7.66. The van der Waals surface area contributed by atoms with Gasteiger partial charge < -0.3 is 5.11 Å². The van der Waals surface area contributed by atoms with Crippen LogP contribution < -0.4 is 5.32 Å². The van der Waals surface area contributed by atoms with Crippen LogP contribution in [0.3, 0.4) is 0 Å². The van der Waals surface area contributed by atoms with E-state index in [-0.39, 0.29) is 21.4 Å². The van der Waals surface area contributed by atoms with Crippen LogP contribution in [0.1, 0.15) is 5.56 Å². The van der Waals surface area contributed by atoms with Crippen molar-refractivity contribution in [2.24, 2.45) is 0 Å². The number of carbonyl (C=O) groups is 1. The lowest BCUT2D eigenvalue weighted by molar-refractivity contribution is -0.112. The molecule has 0 aliphatic carbocycles. The quantitative estimate of drug-likeness (QED) is 0.470. The molecule has 23 heavy (non-hydrogen) atoms. The van der Waals surface area contributed by atoms with Gasteiger partial charge in [0.15, 0.2) is 5.75 Å². The van der Waals surface area contributed by atoms with Crippen LogP contribution in [0.25, 0.3) is 6.08 Å². The Kier molecular flexibility index (Phi) is 5.85. The number of amides is 1. The minimum Gasteiger partial charge on any atom is -0.505 e. The third-order valence-electron chi connectivity index (χ3n) is 2.53. The minimum absolute atomic E-state index is 0.0233. The van der Waals surface area contributed by atoms with Crippen molar-refractivity contribution in [3.63, 3.8) is 0 Å². The van der Waals surface area contributed by atoms with Crippen LogP contribution in [0, 0.1) is 11.3 Å². The van der Waals surface area contributed by atoms with E-state index in [4.69, 9.17) is 28.5 Å².